The molecule has 1 N–H and O–H groups in total. The van der Waals surface area contributed by atoms with Crippen molar-refractivity contribution in [1.82, 2.24) is 4.90 Å². The monoisotopic (exact) mass is 292 g/mol. The highest BCUT2D eigenvalue weighted by atomic mass is 16.6. The van der Waals surface area contributed by atoms with E-state index in [2.05, 4.69) is 6.07 Å². The topological polar surface area (TPSA) is 73.6 Å². The third-order valence-corrected chi connectivity index (χ3v) is 5.44. The largest absolute Gasteiger partial charge is 0.444 e. The van der Waals surface area contributed by atoms with Crippen molar-refractivity contribution in [3.63, 3.8) is 0 Å². The summed E-state index contributed by atoms with van der Waals surface area (Å²) in [5, 5.41) is 20.6. The van der Waals surface area contributed by atoms with E-state index in [0.717, 1.165) is 19.3 Å². The van der Waals surface area contributed by atoms with Gasteiger partial charge in [0.15, 0.2) is 0 Å². The van der Waals surface area contributed by atoms with Gasteiger partial charge in [0.05, 0.1) is 24.6 Å². The van der Waals surface area contributed by atoms with Crippen LogP contribution in [-0.2, 0) is 4.74 Å². The van der Waals surface area contributed by atoms with Crippen molar-refractivity contribution in [2.24, 2.45) is 17.3 Å². The number of hydrogen-bond acceptors (Lipinski definition) is 4. The fourth-order valence-electron chi connectivity index (χ4n) is 4.46. The number of carbonyl (C=O) groups is 1. The number of nitriles is 1. The van der Waals surface area contributed by atoms with Gasteiger partial charge in [-0.25, -0.2) is 4.79 Å². The summed E-state index contributed by atoms with van der Waals surface area (Å²) in [6, 6.07) is 2.43. The van der Waals surface area contributed by atoms with Gasteiger partial charge in [0.1, 0.15) is 11.2 Å². The van der Waals surface area contributed by atoms with Gasteiger partial charge in [0, 0.05) is 0 Å². The van der Waals surface area contributed by atoms with Gasteiger partial charge in [0.25, 0.3) is 0 Å². The number of hydrogen-bond donors (Lipinski definition) is 1. The number of nitrogens with zero attached hydrogens (tertiary/aromatic N) is 2. The zero-order chi connectivity index (χ0) is 15.5. The number of fused-ring (bicyclic) bond motifs is 2. The molecule has 2 aliphatic carbocycles. The van der Waals surface area contributed by atoms with Gasteiger partial charge in [-0.2, -0.15) is 5.26 Å². The van der Waals surface area contributed by atoms with Gasteiger partial charge < -0.3 is 14.7 Å². The molecule has 5 heteroatoms. The maximum Gasteiger partial charge on any atom is 0.410 e. The molecule has 0 spiro atoms. The van der Waals surface area contributed by atoms with Crippen LogP contribution in [0, 0.1) is 28.6 Å². The molecular formula is C16H24N2O3. The molecule has 2 saturated carbocycles. The van der Waals surface area contributed by atoms with E-state index < -0.39 is 22.7 Å². The standard InChI is InChI=1S/C16H24N2O3/c1-14(2,3)21-13(19)18-9-16(20,10-18)15(8-17)7-11-4-5-12(15)6-11/h11-12,20H,4-7,9-10H2,1-3H3. The smallest absolute Gasteiger partial charge is 0.410 e. The highest BCUT2D eigenvalue weighted by Gasteiger charge is 2.67. The molecule has 1 amide bonds. The number of β-amino-alcohol motifs (C(OH)–C–C–N with tert-alkyl or cyclic N) is 1. The lowest BCUT2D eigenvalue weighted by atomic mass is 9.60. The first-order valence-corrected chi connectivity index (χ1v) is 7.81. The van der Waals surface area contributed by atoms with Crippen LogP contribution in [0.4, 0.5) is 4.79 Å². The van der Waals surface area contributed by atoms with Crippen molar-refractivity contribution < 1.29 is 14.6 Å². The molecular weight excluding hydrogens is 268 g/mol. The normalized spacial score (nSPS) is 37.0. The molecule has 1 saturated heterocycles. The SMILES string of the molecule is CC(C)(C)OC(=O)N1CC(O)(C2(C#N)CC3CCC2C3)C1. The van der Waals surface area contributed by atoms with Crippen molar-refractivity contribution in [3.8, 4) is 6.07 Å². The molecule has 2 bridgehead atoms. The third kappa shape index (κ3) is 2.12. The molecule has 0 aromatic carbocycles. The van der Waals surface area contributed by atoms with E-state index >= 15 is 0 Å². The summed E-state index contributed by atoms with van der Waals surface area (Å²) in [5.41, 5.74) is -2.25. The Morgan fingerprint density at radius 2 is 2.05 bits per heavy atom. The van der Waals surface area contributed by atoms with E-state index in [1.54, 1.807) is 0 Å². The number of ether oxygens (including phenoxy) is 1. The number of likely N-dealkylation sites (tertiary alicyclic amines) is 1. The Morgan fingerprint density at radius 1 is 1.38 bits per heavy atom. The number of rotatable bonds is 1. The first kappa shape index (κ1) is 14.6. The van der Waals surface area contributed by atoms with Crippen LogP contribution in [0.25, 0.3) is 0 Å². The Bertz CT molecular complexity index is 499. The summed E-state index contributed by atoms with van der Waals surface area (Å²) in [6.45, 7) is 5.91. The predicted molar refractivity (Wildman–Crippen MR) is 76.3 cm³/mol. The molecule has 3 aliphatic rings. The fourth-order valence-corrected chi connectivity index (χ4v) is 4.46. The van der Waals surface area contributed by atoms with Crippen LogP contribution in [0.3, 0.4) is 0 Å². The second-order valence-electron chi connectivity index (χ2n) is 8.03. The lowest BCUT2D eigenvalue weighted by molar-refractivity contribution is -0.169. The average Bonchev–Trinajstić information content (AvgIpc) is 2.93. The molecule has 1 aliphatic heterocycles. The quantitative estimate of drug-likeness (QED) is 0.804. The van der Waals surface area contributed by atoms with E-state index in [4.69, 9.17) is 4.74 Å². The summed E-state index contributed by atoms with van der Waals surface area (Å²) >= 11 is 0. The van der Waals surface area contributed by atoms with E-state index in [9.17, 15) is 15.2 Å². The fraction of sp³-hybridized carbons (Fsp3) is 0.875. The van der Waals surface area contributed by atoms with E-state index in [1.165, 1.54) is 11.3 Å². The van der Waals surface area contributed by atoms with Crippen LogP contribution in [0.2, 0.25) is 0 Å². The highest BCUT2D eigenvalue weighted by Crippen LogP contribution is 2.61. The Hall–Kier alpha value is -1.28. The molecule has 116 valence electrons. The maximum atomic E-state index is 12.0. The van der Waals surface area contributed by atoms with E-state index in [0.29, 0.717) is 11.8 Å². The average molecular weight is 292 g/mol. The minimum atomic E-state index is -1.06. The van der Waals surface area contributed by atoms with Crippen LogP contribution in [-0.4, -0.2) is 40.4 Å². The molecule has 5 nitrogen and oxygen atoms in total. The van der Waals surface area contributed by atoms with Gasteiger partial charge in [-0.3, -0.25) is 0 Å². The van der Waals surface area contributed by atoms with Crippen LogP contribution in [0.1, 0.15) is 46.5 Å². The molecule has 3 rings (SSSR count). The van der Waals surface area contributed by atoms with Crippen molar-refractivity contribution in [1.29, 1.82) is 5.26 Å². The summed E-state index contributed by atoms with van der Waals surface area (Å²) in [4.78, 5) is 13.5. The molecule has 1 heterocycles. The van der Waals surface area contributed by atoms with Gasteiger partial charge in [-0.1, -0.05) is 6.42 Å². The highest BCUT2D eigenvalue weighted by molar-refractivity contribution is 5.70. The minimum Gasteiger partial charge on any atom is -0.444 e. The molecule has 0 aromatic heterocycles. The van der Waals surface area contributed by atoms with Crippen LogP contribution in [0.5, 0.6) is 0 Å². The van der Waals surface area contributed by atoms with Gasteiger partial charge in [-0.05, 0) is 51.9 Å². The Kier molecular flexibility index (Phi) is 3.04. The first-order valence-electron chi connectivity index (χ1n) is 7.81. The third-order valence-electron chi connectivity index (χ3n) is 5.44. The van der Waals surface area contributed by atoms with Crippen molar-refractivity contribution in [2.75, 3.05) is 13.1 Å². The Morgan fingerprint density at radius 3 is 2.48 bits per heavy atom. The first-order chi connectivity index (χ1) is 9.69. The van der Waals surface area contributed by atoms with Crippen LogP contribution >= 0.6 is 0 Å². The number of aliphatic hydroxyl groups is 1. The summed E-state index contributed by atoms with van der Waals surface area (Å²) in [5.74, 6) is 0.868. The maximum absolute atomic E-state index is 12.0. The number of amides is 1. The van der Waals surface area contributed by atoms with Gasteiger partial charge in [-0.15, -0.1) is 0 Å². The molecule has 3 fully saturated rings. The van der Waals surface area contributed by atoms with Crippen molar-refractivity contribution in [3.05, 3.63) is 0 Å². The predicted octanol–water partition coefficient (Wildman–Crippen LogP) is 2.30. The minimum absolute atomic E-state index is 0.221. The number of carbonyl (C=O) groups excluding carboxylic acids is 1. The zero-order valence-corrected chi connectivity index (χ0v) is 13.1. The van der Waals surface area contributed by atoms with Gasteiger partial charge >= 0.3 is 6.09 Å². The molecule has 0 radical (unpaired) electrons. The second kappa shape index (κ2) is 4.36. The lowest BCUT2D eigenvalue weighted by Crippen LogP contribution is -2.72. The molecule has 21 heavy (non-hydrogen) atoms. The second-order valence-corrected chi connectivity index (χ2v) is 8.03. The Balaban J connectivity index is 1.69. The Labute approximate surface area is 125 Å². The lowest BCUT2D eigenvalue weighted by Gasteiger charge is -2.55. The van der Waals surface area contributed by atoms with Crippen molar-refractivity contribution >= 4 is 6.09 Å². The van der Waals surface area contributed by atoms with Crippen LogP contribution in [0.15, 0.2) is 0 Å². The summed E-state index contributed by atoms with van der Waals surface area (Å²) in [7, 11) is 0. The zero-order valence-electron chi connectivity index (χ0n) is 13.1. The van der Waals surface area contributed by atoms with E-state index in [1.807, 2.05) is 20.8 Å². The summed E-state index contributed by atoms with van der Waals surface area (Å²) in [6.07, 6.45) is 3.66. The summed E-state index contributed by atoms with van der Waals surface area (Å²) < 4.78 is 5.32. The van der Waals surface area contributed by atoms with Crippen LogP contribution < -0.4 is 0 Å². The molecule has 3 unspecified atom stereocenters. The van der Waals surface area contributed by atoms with E-state index in [-0.39, 0.29) is 13.1 Å². The van der Waals surface area contributed by atoms with Crippen molar-refractivity contribution in [2.45, 2.75) is 57.7 Å². The molecule has 3 atom stereocenters. The van der Waals surface area contributed by atoms with Gasteiger partial charge in [0.2, 0.25) is 0 Å². The molecule has 0 aromatic rings.